The average Bonchev–Trinajstić information content (AvgIpc) is 2.82. The maximum Gasteiger partial charge on any atom is 0.260 e. The molecule has 0 bridgehead atoms. The second-order valence-electron chi connectivity index (χ2n) is 4.13. The zero-order valence-electron chi connectivity index (χ0n) is 11.7. The van der Waals surface area contributed by atoms with Crippen molar-refractivity contribution < 1.29 is 9.53 Å². The van der Waals surface area contributed by atoms with Crippen LogP contribution in [0.1, 0.15) is 23.0 Å². The Hall–Kier alpha value is -2.08. The number of amides is 1. The third-order valence-electron chi connectivity index (χ3n) is 2.74. The van der Waals surface area contributed by atoms with Gasteiger partial charge in [0.05, 0.1) is 17.9 Å². The first-order valence-electron chi connectivity index (χ1n) is 6.34. The van der Waals surface area contributed by atoms with Gasteiger partial charge in [-0.25, -0.2) is 0 Å². The topological polar surface area (TPSA) is 63.2 Å². The van der Waals surface area contributed by atoms with Crippen LogP contribution in [0.4, 0.5) is 10.7 Å². The number of nitrogens with one attached hydrogen (secondary N) is 2. The number of carbonyl (C=O) groups excluding carboxylic acids is 1. The number of aromatic nitrogens is 1. The molecule has 0 unspecified atom stereocenters. The molecule has 0 fully saturated rings. The zero-order valence-corrected chi connectivity index (χ0v) is 12.5. The Morgan fingerprint density at radius 1 is 1.35 bits per heavy atom. The van der Waals surface area contributed by atoms with E-state index in [-0.39, 0.29) is 5.91 Å². The third-order valence-corrected chi connectivity index (χ3v) is 3.70. The van der Waals surface area contributed by atoms with Gasteiger partial charge >= 0.3 is 0 Å². The van der Waals surface area contributed by atoms with E-state index >= 15 is 0 Å². The van der Waals surface area contributed by atoms with E-state index in [2.05, 4.69) is 15.0 Å². The largest absolute Gasteiger partial charge is 0.494 e. The number of rotatable bonds is 5. The predicted octanol–water partition coefficient (Wildman–Crippen LogP) is 3.14. The van der Waals surface area contributed by atoms with Gasteiger partial charge in [-0.3, -0.25) is 4.79 Å². The molecule has 2 rings (SSSR count). The van der Waals surface area contributed by atoms with Crippen LogP contribution < -0.4 is 15.4 Å². The summed E-state index contributed by atoms with van der Waals surface area (Å²) in [6, 6.07) is 7.29. The standard InChI is InChI=1S/C14H17N3O2S/c1-4-19-11-7-5-10(6-8-11)16-13(18)12-9(2)17-20-14(12)15-3/h5-8,15H,4H2,1-3H3,(H,16,18). The van der Waals surface area contributed by atoms with E-state index in [0.29, 0.717) is 12.2 Å². The number of nitrogens with zero attached hydrogens (tertiary/aromatic N) is 1. The Bertz CT molecular complexity index is 593. The first kappa shape index (κ1) is 14.3. The minimum Gasteiger partial charge on any atom is -0.494 e. The lowest BCUT2D eigenvalue weighted by Gasteiger charge is -2.08. The molecule has 0 spiro atoms. The van der Waals surface area contributed by atoms with Crippen LogP contribution in [0.3, 0.4) is 0 Å². The summed E-state index contributed by atoms with van der Waals surface area (Å²) in [4.78, 5) is 12.3. The highest BCUT2D eigenvalue weighted by Crippen LogP contribution is 2.25. The summed E-state index contributed by atoms with van der Waals surface area (Å²) < 4.78 is 9.55. The van der Waals surface area contributed by atoms with Crippen molar-refractivity contribution >= 4 is 28.1 Å². The van der Waals surface area contributed by atoms with E-state index in [9.17, 15) is 4.79 Å². The van der Waals surface area contributed by atoms with Crippen LogP contribution in [-0.4, -0.2) is 23.9 Å². The van der Waals surface area contributed by atoms with Gasteiger partial charge in [0.2, 0.25) is 0 Å². The van der Waals surface area contributed by atoms with Crippen molar-refractivity contribution in [2.24, 2.45) is 0 Å². The van der Waals surface area contributed by atoms with E-state index in [1.54, 1.807) is 7.05 Å². The molecule has 1 amide bonds. The minimum absolute atomic E-state index is 0.162. The number of aryl methyl sites for hydroxylation is 1. The highest BCUT2D eigenvalue weighted by molar-refractivity contribution is 7.10. The molecule has 0 saturated carbocycles. The molecule has 0 saturated heterocycles. The normalized spacial score (nSPS) is 10.2. The van der Waals surface area contributed by atoms with Gasteiger partial charge in [-0.05, 0) is 49.6 Å². The Labute approximate surface area is 122 Å². The Kier molecular flexibility index (Phi) is 4.57. The van der Waals surface area contributed by atoms with Gasteiger partial charge in [0.15, 0.2) is 0 Å². The smallest absolute Gasteiger partial charge is 0.260 e. The van der Waals surface area contributed by atoms with E-state index < -0.39 is 0 Å². The molecule has 6 heteroatoms. The van der Waals surface area contributed by atoms with E-state index in [1.165, 1.54) is 11.5 Å². The molecular formula is C14H17N3O2S. The van der Waals surface area contributed by atoms with Crippen LogP contribution >= 0.6 is 11.5 Å². The van der Waals surface area contributed by atoms with Gasteiger partial charge in [0, 0.05) is 12.7 Å². The van der Waals surface area contributed by atoms with Crippen molar-refractivity contribution in [2.45, 2.75) is 13.8 Å². The predicted molar refractivity (Wildman–Crippen MR) is 82.0 cm³/mol. The molecule has 1 aromatic carbocycles. The van der Waals surface area contributed by atoms with E-state index in [0.717, 1.165) is 22.1 Å². The number of hydrogen-bond donors (Lipinski definition) is 2. The number of anilines is 2. The Morgan fingerprint density at radius 2 is 2.05 bits per heavy atom. The van der Waals surface area contributed by atoms with Gasteiger partial charge in [-0.15, -0.1) is 0 Å². The lowest BCUT2D eigenvalue weighted by atomic mass is 10.2. The molecule has 1 heterocycles. The summed E-state index contributed by atoms with van der Waals surface area (Å²) in [5.74, 6) is 0.625. The molecule has 20 heavy (non-hydrogen) atoms. The van der Waals surface area contributed by atoms with Crippen molar-refractivity contribution in [1.29, 1.82) is 0 Å². The van der Waals surface area contributed by atoms with Crippen LogP contribution in [0.2, 0.25) is 0 Å². The van der Waals surface area contributed by atoms with Gasteiger partial charge in [0.25, 0.3) is 5.91 Å². The summed E-state index contributed by atoms with van der Waals surface area (Å²) >= 11 is 1.28. The van der Waals surface area contributed by atoms with Crippen LogP contribution in [0.25, 0.3) is 0 Å². The molecular weight excluding hydrogens is 274 g/mol. The average molecular weight is 291 g/mol. The summed E-state index contributed by atoms with van der Waals surface area (Å²) in [6.45, 7) is 4.38. The van der Waals surface area contributed by atoms with Crippen molar-refractivity contribution in [1.82, 2.24) is 4.37 Å². The quantitative estimate of drug-likeness (QED) is 0.888. The fourth-order valence-electron chi connectivity index (χ4n) is 1.80. The molecule has 0 atom stereocenters. The molecule has 106 valence electrons. The molecule has 5 nitrogen and oxygen atoms in total. The first-order valence-corrected chi connectivity index (χ1v) is 7.11. The van der Waals surface area contributed by atoms with Crippen LogP contribution in [0.5, 0.6) is 5.75 Å². The maximum atomic E-state index is 12.3. The SMILES string of the molecule is CCOc1ccc(NC(=O)c2c(C)nsc2NC)cc1. The second kappa shape index (κ2) is 6.38. The third kappa shape index (κ3) is 3.08. The van der Waals surface area contributed by atoms with Crippen LogP contribution in [0, 0.1) is 6.92 Å². The van der Waals surface area contributed by atoms with Crippen molar-refractivity contribution in [3.63, 3.8) is 0 Å². The molecule has 2 N–H and O–H groups in total. The molecule has 0 aliphatic carbocycles. The second-order valence-corrected chi connectivity index (χ2v) is 4.91. The van der Waals surface area contributed by atoms with Gasteiger partial charge in [-0.2, -0.15) is 4.37 Å². The first-order chi connectivity index (χ1) is 9.65. The Balaban J connectivity index is 2.13. The lowest BCUT2D eigenvalue weighted by Crippen LogP contribution is -2.13. The number of carbonyl (C=O) groups is 1. The maximum absolute atomic E-state index is 12.3. The summed E-state index contributed by atoms with van der Waals surface area (Å²) in [7, 11) is 1.78. The van der Waals surface area contributed by atoms with Crippen molar-refractivity contribution in [3.8, 4) is 5.75 Å². The summed E-state index contributed by atoms with van der Waals surface area (Å²) in [6.07, 6.45) is 0. The monoisotopic (exact) mass is 291 g/mol. The fourth-order valence-corrected chi connectivity index (χ4v) is 2.54. The number of benzene rings is 1. The molecule has 1 aromatic heterocycles. The minimum atomic E-state index is -0.162. The van der Waals surface area contributed by atoms with Crippen LogP contribution in [0.15, 0.2) is 24.3 Å². The zero-order chi connectivity index (χ0) is 14.5. The molecule has 0 radical (unpaired) electrons. The van der Waals surface area contributed by atoms with Gasteiger partial charge in [-0.1, -0.05) is 0 Å². The Morgan fingerprint density at radius 3 is 2.65 bits per heavy atom. The van der Waals surface area contributed by atoms with E-state index in [1.807, 2.05) is 38.1 Å². The molecule has 0 aliphatic heterocycles. The van der Waals surface area contributed by atoms with E-state index in [4.69, 9.17) is 4.74 Å². The number of ether oxygens (including phenoxy) is 1. The van der Waals surface area contributed by atoms with Gasteiger partial charge < -0.3 is 15.4 Å². The highest BCUT2D eigenvalue weighted by atomic mass is 32.1. The summed E-state index contributed by atoms with van der Waals surface area (Å²) in [5.41, 5.74) is 2.04. The summed E-state index contributed by atoms with van der Waals surface area (Å²) in [5, 5.41) is 6.61. The fraction of sp³-hybridized carbons (Fsp3) is 0.286. The number of hydrogen-bond acceptors (Lipinski definition) is 5. The molecule has 0 aliphatic rings. The highest BCUT2D eigenvalue weighted by Gasteiger charge is 2.17. The van der Waals surface area contributed by atoms with Gasteiger partial charge in [0.1, 0.15) is 10.8 Å². The van der Waals surface area contributed by atoms with Crippen LogP contribution in [-0.2, 0) is 0 Å². The van der Waals surface area contributed by atoms with Crippen molar-refractivity contribution in [2.75, 3.05) is 24.3 Å². The lowest BCUT2D eigenvalue weighted by molar-refractivity contribution is 0.102. The molecule has 2 aromatic rings. The van der Waals surface area contributed by atoms with Crippen molar-refractivity contribution in [3.05, 3.63) is 35.5 Å².